The monoisotopic (exact) mass is 184 g/mol. The molecule has 1 N–H and O–H groups in total. The van der Waals surface area contributed by atoms with Gasteiger partial charge in [0.1, 0.15) is 0 Å². The van der Waals surface area contributed by atoms with E-state index >= 15 is 0 Å². The average molecular weight is 184 g/mol. The van der Waals surface area contributed by atoms with Crippen LogP contribution in [0.1, 0.15) is 47.5 Å². The summed E-state index contributed by atoms with van der Waals surface area (Å²) in [5.41, 5.74) is 0.145. The molecule has 1 aliphatic rings. The molecule has 0 saturated heterocycles. The van der Waals surface area contributed by atoms with E-state index < -0.39 is 0 Å². The molecule has 5 atom stereocenters. The molecular weight excluding hydrogens is 160 g/mol. The maximum absolute atomic E-state index is 9.81. The largest absolute Gasteiger partial charge is 0.393 e. The third kappa shape index (κ3) is 1.90. The summed E-state index contributed by atoms with van der Waals surface area (Å²) in [6.45, 7) is 11.1. The molecule has 0 aromatic heterocycles. The Balaban J connectivity index is 2.76. The second-order valence-electron chi connectivity index (χ2n) is 5.48. The molecule has 1 aliphatic carbocycles. The summed E-state index contributed by atoms with van der Waals surface area (Å²) in [6.07, 6.45) is 2.27. The van der Waals surface area contributed by atoms with Gasteiger partial charge >= 0.3 is 0 Å². The van der Waals surface area contributed by atoms with Gasteiger partial charge < -0.3 is 5.11 Å². The average Bonchev–Trinajstić information content (AvgIpc) is 2.01. The van der Waals surface area contributed by atoms with Crippen LogP contribution < -0.4 is 0 Å². The predicted octanol–water partition coefficient (Wildman–Crippen LogP) is 3.08. The summed E-state index contributed by atoms with van der Waals surface area (Å²) >= 11 is 0. The van der Waals surface area contributed by atoms with Crippen molar-refractivity contribution in [2.75, 3.05) is 0 Å². The second kappa shape index (κ2) is 3.61. The van der Waals surface area contributed by atoms with E-state index in [1.807, 2.05) is 6.92 Å². The van der Waals surface area contributed by atoms with Crippen molar-refractivity contribution in [2.45, 2.75) is 53.6 Å². The molecule has 1 heteroatoms. The van der Waals surface area contributed by atoms with Gasteiger partial charge in [0.05, 0.1) is 6.10 Å². The van der Waals surface area contributed by atoms with E-state index in [0.29, 0.717) is 5.92 Å². The Bertz CT molecular complexity index is 176. The molecule has 78 valence electrons. The molecule has 1 fully saturated rings. The van der Waals surface area contributed by atoms with Gasteiger partial charge in [-0.15, -0.1) is 0 Å². The zero-order valence-corrected chi connectivity index (χ0v) is 9.67. The fraction of sp³-hybridized carbons (Fsp3) is 1.00. The second-order valence-corrected chi connectivity index (χ2v) is 5.48. The van der Waals surface area contributed by atoms with Crippen LogP contribution in [-0.4, -0.2) is 11.2 Å². The van der Waals surface area contributed by atoms with Crippen LogP contribution in [0.3, 0.4) is 0 Å². The molecule has 0 radical (unpaired) electrons. The molecular formula is C12H24O. The van der Waals surface area contributed by atoms with Crippen molar-refractivity contribution in [1.29, 1.82) is 0 Å². The van der Waals surface area contributed by atoms with Gasteiger partial charge in [-0.05, 0) is 42.9 Å². The fourth-order valence-electron chi connectivity index (χ4n) is 2.74. The molecule has 3 unspecified atom stereocenters. The van der Waals surface area contributed by atoms with Crippen molar-refractivity contribution >= 4 is 0 Å². The number of hydrogen-bond acceptors (Lipinski definition) is 1. The Labute approximate surface area is 82.5 Å². The van der Waals surface area contributed by atoms with Crippen molar-refractivity contribution < 1.29 is 5.11 Å². The minimum Gasteiger partial charge on any atom is -0.393 e. The number of rotatable bonds is 1. The highest BCUT2D eigenvalue weighted by atomic mass is 16.3. The van der Waals surface area contributed by atoms with Gasteiger partial charge in [0, 0.05) is 0 Å². The number of hydrogen-bond donors (Lipinski definition) is 1. The van der Waals surface area contributed by atoms with E-state index in [2.05, 4.69) is 27.7 Å². The Morgan fingerprint density at radius 3 is 2.23 bits per heavy atom. The van der Waals surface area contributed by atoms with Crippen LogP contribution in [0.25, 0.3) is 0 Å². The maximum Gasteiger partial charge on any atom is 0.0568 e. The first-order chi connectivity index (χ1) is 5.88. The van der Waals surface area contributed by atoms with E-state index in [1.54, 1.807) is 0 Å². The summed E-state index contributed by atoms with van der Waals surface area (Å²) in [7, 11) is 0. The Morgan fingerprint density at radius 1 is 1.23 bits per heavy atom. The van der Waals surface area contributed by atoms with Gasteiger partial charge in [0.2, 0.25) is 0 Å². The van der Waals surface area contributed by atoms with Crippen molar-refractivity contribution in [1.82, 2.24) is 0 Å². The smallest absolute Gasteiger partial charge is 0.0568 e. The van der Waals surface area contributed by atoms with E-state index in [1.165, 1.54) is 12.8 Å². The molecule has 0 spiro atoms. The third-order valence-electron chi connectivity index (χ3n) is 4.54. The number of aliphatic hydroxyl groups is 1. The van der Waals surface area contributed by atoms with E-state index in [4.69, 9.17) is 0 Å². The van der Waals surface area contributed by atoms with Crippen molar-refractivity contribution in [3.05, 3.63) is 0 Å². The van der Waals surface area contributed by atoms with Crippen molar-refractivity contribution in [2.24, 2.45) is 23.2 Å². The minimum absolute atomic E-state index is 0.145. The summed E-state index contributed by atoms with van der Waals surface area (Å²) in [5.74, 6) is 2.23. The molecule has 0 aromatic rings. The Hall–Kier alpha value is -0.0400. The quantitative estimate of drug-likeness (QED) is 0.664. The van der Waals surface area contributed by atoms with Gasteiger partial charge in [0.15, 0.2) is 0 Å². The standard InChI is InChI=1S/C12H24O/c1-8-6-10(3)12(5,11(4)13)7-9(8)2/h8-11,13H,6-7H2,1-5H3/t8?,9?,10?,11-,12+/m1/s1. The zero-order chi connectivity index (χ0) is 10.2. The van der Waals surface area contributed by atoms with Crippen molar-refractivity contribution in [3.8, 4) is 0 Å². The van der Waals surface area contributed by atoms with Gasteiger partial charge in [-0.25, -0.2) is 0 Å². The Morgan fingerprint density at radius 2 is 1.77 bits per heavy atom. The molecule has 1 rings (SSSR count). The molecule has 0 aliphatic heterocycles. The molecule has 1 nitrogen and oxygen atoms in total. The lowest BCUT2D eigenvalue weighted by molar-refractivity contribution is -0.0465. The lowest BCUT2D eigenvalue weighted by Gasteiger charge is -2.47. The van der Waals surface area contributed by atoms with E-state index in [0.717, 1.165) is 11.8 Å². The van der Waals surface area contributed by atoms with Gasteiger partial charge in [-0.2, -0.15) is 0 Å². The zero-order valence-electron chi connectivity index (χ0n) is 9.67. The van der Waals surface area contributed by atoms with Crippen LogP contribution in [-0.2, 0) is 0 Å². The van der Waals surface area contributed by atoms with Crippen molar-refractivity contribution in [3.63, 3.8) is 0 Å². The van der Waals surface area contributed by atoms with Crippen LogP contribution in [0.5, 0.6) is 0 Å². The molecule has 13 heavy (non-hydrogen) atoms. The molecule has 0 heterocycles. The van der Waals surface area contributed by atoms with Crippen LogP contribution in [0, 0.1) is 23.2 Å². The van der Waals surface area contributed by atoms with Crippen LogP contribution in [0.2, 0.25) is 0 Å². The first-order valence-corrected chi connectivity index (χ1v) is 5.56. The SMILES string of the molecule is CC1CC(C)[C@@](C)([C@@H](C)O)CC1C. The van der Waals surface area contributed by atoms with E-state index in [9.17, 15) is 5.11 Å². The predicted molar refractivity (Wildman–Crippen MR) is 56.5 cm³/mol. The molecule has 0 amide bonds. The lowest BCUT2D eigenvalue weighted by Crippen LogP contribution is -2.43. The molecule has 1 saturated carbocycles. The molecule has 0 aromatic carbocycles. The first-order valence-electron chi connectivity index (χ1n) is 5.56. The fourth-order valence-corrected chi connectivity index (χ4v) is 2.74. The highest BCUT2D eigenvalue weighted by Crippen LogP contribution is 2.47. The van der Waals surface area contributed by atoms with Gasteiger partial charge in [0.25, 0.3) is 0 Å². The van der Waals surface area contributed by atoms with Crippen LogP contribution >= 0.6 is 0 Å². The Kier molecular flexibility index (Phi) is 3.06. The van der Waals surface area contributed by atoms with Gasteiger partial charge in [-0.3, -0.25) is 0 Å². The van der Waals surface area contributed by atoms with Crippen LogP contribution in [0.4, 0.5) is 0 Å². The lowest BCUT2D eigenvalue weighted by atomic mass is 9.59. The normalized spacial score (nSPS) is 48.9. The summed E-state index contributed by atoms with van der Waals surface area (Å²) in [4.78, 5) is 0. The molecule has 0 bridgehead atoms. The van der Waals surface area contributed by atoms with Gasteiger partial charge in [-0.1, -0.05) is 27.7 Å². The highest BCUT2D eigenvalue weighted by Gasteiger charge is 2.42. The summed E-state index contributed by atoms with van der Waals surface area (Å²) < 4.78 is 0. The summed E-state index contributed by atoms with van der Waals surface area (Å²) in [5, 5.41) is 9.81. The van der Waals surface area contributed by atoms with Crippen LogP contribution in [0.15, 0.2) is 0 Å². The number of aliphatic hydroxyl groups excluding tert-OH is 1. The topological polar surface area (TPSA) is 20.2 Å². The third-order valence-corrected chi connectivity index (χ3v) is 4.54. The minimum atomic E-state index is -0.169. The van der Waals surface area contributed by atoms with E-state index in [-0.39, 0.29) is 11.5 Å². The first kappa shape index (κ1) is 11.0. The highest BCUT2D eigenvalue weighted by molar-refractivity contribution is 4.92. The maximum atomic E-state index is 9.81. The summed E-state index contributed by atoms with van der Waals surface area (Å²) in [6, 6.07) is 0.